The molecule has 0 bridgehead atoms. The number of imidazole rings is 1. The number of methoxy groups -OCH3 is 1. The Morgan fingerprint density at radius 2 is 2.04 bits per heavy atom. The Kier molecular flexibility index (Phi) is 5.06. The van der Waals surface area contributed by atoms with Crippen molar-refractivity contribution in [3.63, 3.8) is 0 Å². The van der Waals surface area contributed by atoms with Crippen LogP contribution >= 0.6 is 23.4 Å². The number of aryl methyl sites for hydroxylation is 1. The summed E-state index contributed by atoms with van der Waals surface area (Å²) in [6, 6.07) is 1.73. The Hall–Kier alpha value is -2.32. The molecule has 136 valence electrons. The molecule has 3 rings (SSSR count). The summed E-state index contributed by atoms with van der Waals surface area (Å²) in [5, 5.41) is 0.660. The van der Waals surface area contributed by atoms with Gasteiger partial charge in [-0.05, 0) is 32.4 Å². The Bertz CT molecular complexity index is 1010. The topological polar surface area (TPSA) is 101 Å². The lowest BCUT2D eigenvalue weighted by atomic mass is 10.1. The second-order valence-corrected chi connectivity index (χ2v) is 7.57. The van der Waals surface area contributed by atoms with Crippen molar-refractivity contribution < 1.29 is 14.3 Å². The van der Waals surface area contributed by atoms with Crippen LogP contribution in [0.5, 0.6) is 0 Å². The minimum absolute atomic E-state index is 0.128. The van der Waals surface area contributed by atoms with Crippen molar-refractivity contribution in [1.82, 2.24) is 19.9 Å². The van der Waals surface area contributed by atoms with E-state index < -0.39 is 11.2 Å². The van der Waals surface area contributed by atoms with E-state index in [2.05, 4.69) is 19.9 Å². The first-order valence-corrected chi connectivity index (χ1v) is 9.07. The third-order valence-corrected chi connectivity index (χ3v) is 5.20. The van der Waals surface area contributed by atoms with Gasteiger partial charge in [-0.1, -0.05) is 23.4 Å². The smallest absolute Gasteiger partial charge is 0.339 e. The van der Waals surface area contributed by atoms with E-state index >= 15 is 0 Å². The van der Waals surface area contributed by atoms with E-state index in [0.29, 0.717) is 43.9 Å². The molecule has 0 aromatic carbocycles. The molecular formula is C17H17ClN4O3S. The van der Waals surface area contributed by atoms with Gasteiger partial charge in [-0.25, -0.2) is 14.8 Å². The first-order chi connectivity index (χ1) is 12.3. The fourth-order valence-corrected chi connectivity index (χ4v) is 3.76. The standard InChI is InChI=1S/C17H17ClN4O3S/c1-7-12(16(24)25-4)8(2)20-13(7)14(23)9(3)26-17-21-11-5-10(18)6-19-15(11)22-17/h5-6,9,20H,1-4H3,(H,19,21,22)/t9-/m1/s1. The number of hydrogen-bond donors (Lipinski definition) is 2. The maximum Gasteiger partial charge on any atom is 0.339 e. The van der Waals surface area contributed by atoms with Crippen molar-refractivity contribution >= 4 is 46.3 Å². The molecule has 9 heteroatoms. The molecule has 0 spiro atoms. The second-order valence-electron chi connectivity index (χ2n) is 5.81. The third kappa shape index (κ3) is 3.34. The van der Waals surface area contributed by atoms with Crippen molar-refractivity contribution in [1.29, 1.82) is 0 Å². The molecule has 1 atom stereocenters. The van der Waals surface area contributed by atoms with Crippen LogP contribution in [-0.4, -0.2) is 44.0 Å². The number of aromatic nitrogens is 4. The Morgan fingerprint density at radius 1 is 1.31 bits per heavy atom. The molecule has 0 fully saturated rings. The molecular weight excluding hydrogens is 376 g/mol. The van der Waals surface area contributed by atoms with Crippen LogP contribution < -0.4 is 0 Å². The molecule has 0 aliphatic heterocycles. The Balaban J connectivity index is 1.84. The zero-order valence-corrected chi connectivity index (χ0v) is 16.2. The van der Waals surface area contributed by atoms with E-state index in [1.54, 1.807) is 26.8 Å². The van der Waals surface area contributed by atoms with Gasteiger partial charge in [-0.3, -0.25) is 4.79 Å². The van der Waals surface area contributed by atoms with Crippen LogP contribution in [0.3, 0.4) is 0 Å². The Morgan fingerprint density at radius 3 is 2.73 bits per heavy atom. The highest BCUT2D eigenvalue weighted by Gasteiger charge is 2.26. The summed E-state index contributed by atoms with van der Waals surface area (Å²) in [4.78, 5) is 39.3. The first-order valence-electron chi connectivity index (χ1n) is 7.81. The maximum atomic E-state index is 12.8. The van der Waals surface area contributed by atoms with E-state index in [9.17, 15) is 9.59 Å². The lowest BCUT2D eigenvalue weighted by molar-refractivity contribution is 0.0599. The number of hydrogen-bond acceptors (Lipinski definition) is 6. The number of aromatic amines is 2. The van der Waals surface area contributed by atoms with Crippen molar-refractivity contribution in [2.75, 3.05) is 7.11 Å². The number of ketones is 1. The summed E-state index contributed by atoms with van der Waals surface area (Å²) < 4.78 is 4.78. The highest BCUT2D eigenvalue weighted by molar-refractivity contribution is 8.00. The maximum absolute atomic E-state index is 12.8. The number of pyridine rings is 1. The van der Waals surface area contributed by atoms with Gasteiger partial charge in [0, 0.05) is 11.9 Å². The summed E-state index contributed by atoms with van der Waals surface area (Å²) in [6.07, 6.45) is 1.52. The first kappa shape index (κ1) is 18.5. The van der Waals surface area contributed by atoms with E-state index in [-0.39, 0.29) is 5.78 Å². The van der Waals surface area contributed by atoms with Crippen LogP contribution in [0, 0.1) is 13.8 Å². The van der Waals surface area contributed by atoms with Crippen LogP contribution in [0.2, 0.25) is 5.02 Å². The van der Waals surface area contributed by atoms with Gasteiger partial charge in [0.25, 0.3) is 0 Å². The summed E-state index contributed by atoms with van der Waals surface area (Å²) in [7, 11) is 1.32. The molecule has 0 aliphatic rings. The molecule has 2 N–H and O–H groups in total. The molecule has 3 aromatic rings. The highest BCUT2D eigenvalue weighted by atomic mass is 35.5. The van der Waals surface area contributed by atoms with Gasteiger partial charge in [-0.15, -0.1) is 0 Å². The molecule has 0 amide bonds. The van der Waals surface area contributed by atoms with E-state index in [1.807, 2.05) is 0 Å². The number of Topliss-reactive ketones (excluding diaryl/α,β-unsaturated/α-hetero) is 1. The number of H-pyrrole nitrogens is 2. The second kappa shape index (κ2) is 7.13. The third-order valence-electron chi connectivity index (χ3n) is 4.01. The Labute approximate surface area is 158 Å². The number of halogens is 1. The quantitative estimate of drug-likeness (QED) is 0.390. The van der Waals surface area contributed by atoms with Crippen molar-refractivity contribution in [2.45, 2.75) is 31.2 Å². The normalized spacial score (nSPS) is 12.3. The lowest BCUT2D eigenvalue weighted by Gasteiger charge is -2.08. The molecule has 0 unspecified atom stereocenters. The van der Waals surface area contributed by atoms with E-state index in [1.165, 1.54) is 25.1 Å². The number of carbonyl (C=O) groups excluding carboxylic acids is 2. The van der Waals surface area contributed by atoms with Crippen molar-refractivity contribution in [2.24, 2.45) is 0 Å². The zero-order valence-electron chi connectivity index (χ0n) is 14.6. The SMILES string of the molecule is COC(=O)c1c(C)[nH]c(C(=O)[C@@H](C)Sc2nc3ncc(Cl)cc3[nH]2)c1C. The number of carbonyl (C=O) groups is 2. The van der Waals surface area contributed by atoms with Crippen LogP contribution in [0.1, 0.15) is 39.0 Å². The summed E-state index contributed by atoms with van der Waals surface area (Å²) in [6.45, 7) is 5.25. The lowest BCUT2D eigenvalue weighted by Crippen LogP contribution is -2.15. The van der Waals surface area contributed by atoms with Crippen LogP contribution in [0.4, 0.5) is 0 Å². The number of rotatable bonds is 5. The number of ether oxygens (including phenoxy) is 1. The molecule has 26 heavy (non-hydrogen) atoms. The highest BCUT2D eigenvalue weighted by Crippen LogP contribution is 2.28. The number of nitrogens with one attached hydrogen (secondary N) is 2. The summed E-state index contributed by atoms with van der Waals surface area (Å²) in [5.74, 6) is -0.590. The van der Waals surface area contributed by atoms with E-state index in [0.717, 1.165) is 0 Å². The summed E-state index contributed by atoms with van der Waals surface area (Å²) in [5.41, 5.74) is 3.24. The van der Waals surface area contributed by atoms with E-state index in [4.69, 9.17) is 16.3 Å². The molecule has 3 heterocycles. The predicted molar refractivity (Wildman–Crippen MR) is 100 cm³/mol. The van der Waals surface area contributed by atoms with Gasteiger partial charge in [0.2, 0.25) is 0 Å². The van der Waals surface area contributed by atoms with Crippen molar-refractivity contribution in [3.8, 4) is 0 Å². The van der Waals surface area contributed by atoms with Gasteiger partial charge in [0.15, 0.2) is 16.6 Å². The van der Waals surface area contributed by atoms with Crippen LogP contribution in [-0.2, 0) is 4.74 Å². The minimum atomic E-state index is -0.462. The van der Waals surface area contributed by atoms with Crippen molar-refractivity contribution in [3.05, 3.63) is 39.8 Å². The summed E-state index contributed by atoms with van der Waals surface area (Å²) >= 11 is 7.20. The number of fused-ring (bicyclic) bond motifs is 1. The average Bonchev–Trinajstić information content (AvgIpc) is 3.12. The van der Waals surface area contributed by atoms with Gasteiger partial charge in [0.1, 0.15) is 0 Å². The molecule has 0 saturated carbocycles. The predicted octanol–water partition coefficient (Wildman–Crippen LogP) is 3.71. The molecule has 0 aliphatic carbocycles. The van der Waals surface area contributed by atoms with Gasteiger partial charge < -0.3 is 14.7 Å². The number of esters is 1. The fraction of sp³-hybridized carbons (Fsp3) is 0.294. The monoisotopic (exact) mass is 392 g/mol. The van der Waals surface area contributed by atoms with Crippen LogP contribution in [0.15, 0.2) is 17.4 Å². The largest absolute Gasteiger partial charge is 0.465 e. The van der Waals surface area contributed by atoms with Crippen LogP contribution in [0.25, 0.3) is 11.2 Å². The molecule has 7 nitrogen and oxygen atoms in total. The van der Waals surface area contributed by atoms with Gasteiger partial charge >= 0.3 is 5.97 Å². The minimum Gasteiger partial charge on any atom is -0.465 e. The molecule has 3 aromatic heterocycles. The number of nitrogens with zero attached hydrogens (tertiary/aromatic N) is 2. The molecule has 0 radical (unpaired) electrons. The average molecular weight is 393 g/mol. The van der Waals surface area contributed by atoms with Gasteiger partial charge in [0.05, 0.1) is 34.2 Å². The van der Waals surface area contributed by atoms with Gasteiger partial charge in [-0.2, -0.15) is 0 Å². The zero-order chi connectivity index (χ0) is 19.0. The number of thioether (sulfide) groups is 1. The fourth-order valence-electron chi connectivity index (χ4n) is 2.74. The molecule has 0 saturated heterocycles.